The Morgan fingerprint density at radius 1 is 1.06 bits per heavy atom. The van der Waals surface area contributed by atoms with Crippen LogP contribution in [0.25, 0.3) is 0 Å². The maximum absolute atomic E-state index is 13.2. The van der Waals surface area contributed by atoms with Crippen molar-refractivity contribution in [3.05, 3.63) is 71.3 Å². The molecule has 9 heteroatoms. The van der Waals surface area contributed by atoms with E-state index in [9.17, 15) is 19.2 Å². The fraction of sp³-hybridized carbons (Fsp3) is 0.385. The number of hydrogen-bond acceptors (Lipinski definition) is 5. The second kappa shape index (κ2) is 12.1. The first-order chi connectivity index (χ1) is 16.8. The number of nitrogens with two attached hydrogens (primary N) is 1. The van der Waals surface area contributed by atoms with Crippen LogP contribution < -0.4 is 21.8 Å². The minimum atomic E-state index is -0.582. The summed E-state index contributed by atoms with van der Waals surface area (Å²) in [7, 11) is 0. The zero-order valence-electron chi connectivity index (χ0n) is 20.0. The van der Waals surface area contributed by atoms with Gasteiger partial charge in [0, 0.05) is 11.5 Å². The first-order valence-electron chi connectivity index (χ1n) is 11.7. The van der Waals surface area contributed by atoms with Gasteiger partial charge in [0.05, 0.1) is 6.61 Å². The molecule has 1 aliphatic rings. The Morgan fingerprint density at radius 2 is 1.74 bits per heavy atom. The van der Waals surface area contributed by atoms with E-state index in [-0.39, 0.29) is 30.3 Å². The SMILES string of the molecule is CC(C)C(C(=O)NOCc1ccccc1)C(CCCC1NC(=O)NC1=O)c1ccc(C(N)=O)cc1. The van der Waals surface area contributed by atoms with Gasteiger partial charge in [-0.25, -0.2) is 10.3 Å². The molecular weight excluding hydrogens is 448 g/mol. The van der Waals surface area contributed by atoms with Gasteiger partial charge >= 0.3 is 6.03 Å². The zero-order valence-corrected chi connectivity index (χ0v) is 20.0. The molecular formula is C26H32N4O5. The summed E-state index contributed by atoms with van der Waals surface area (Å²) in [5.74, 6) is -1.78. The van der Waals surface area contributed by atoms with Crippen molar-refractivity contribution in [2.45, 2.75) is 51.7 Å². The molecule has 1 saturated heterocycles. The van der Waals surface area contributed by atoms with E-state index in [0.717, 1.165) is 11.1 Å². The van der Waals surface area contributed by atoms with Gasteiger partial charge in [-0.1, -0.05) is 62.7 Å². The minimum absolute atomic E-state index is 0.0226. The van der Waals surface area contributed by atoms with Gasteiger partial charge in [-0.05, 0) is 47.9 Å². The highest BCUT2D eigenvalue weighted by Gasteiger charge is 2.34. The summed E-state index contributed by atoms with van der Waals surface area (Å²) in [5, 5.41) is 4.84. The van der Waals surface area contributed by atoms with Crippen LogP contribution in [0.4, 0.5) is 4.79 Å². The van der Waals surface area contributed by atoms with E-state index < -0.39 is 23.9 Å². The summed E-state index contributed by atoms with van der Waals surface area (Å²) in [6.07, 6.45) is 1.64. The number of primary amides is 1. The highest BCUT2D eigenvalue weighted by atomic mass is 16.6. The zero-order chi connectivity index (χ0) is 25.4. The lowest BCUT2D eigenvalue weighted by Gasteiger charge is -2.30. The molecule has 0 spiro atoms. The minimum Gasteiger partial charge on any atom is -0.366 e. The number of urea groups is 1. The molecule has 0 aromatic heterocycles. The smallest absolute Gasteiger partial charge is 0.322 e. The van der Waals surface area contributed by atoms with Crippen LogP contribution >= 0.6 is 0 Å². The lowest BCUT2D eigenvalue weighted by molar-refractivity contribution is -0.141. The van der Waals surface area contributed by atoms with Crippen LogP contribution in [-0.4, -0.2) is 29.8 Å². The second-order valence-corrected chi connectivity index (χ2v) is 9.05. The van der Waals surface area contributed by atoms with Gasteiger partial charge in [0.15, 0.2) is 0 Å². The molecule has 5 amide bonds. The fourth-order valence-corrected chi connectivity index (χ4v) is 4.44. The molecule has 35 heavy (non-hydrogen) atoms. The fourth-order valence-electron chi connectivity index (χ4n) is 4.44. The number of carbonyl (C=O) groups excluding carboxylic acids is 4. The maximum Gasteiger partial charge on any atom is 0.322 e. The van der Waals surface area contributed by atoms with Gasteiger partial charge in [-0.3, -0.25) is 24.5 Å². The van der Waals surface area contributed by atoms with Crippen LogP contribution in [0, 0.1) is 11.8 Å². The molecule has 3 unspecified atom stereocenters. The Kier molecular flexibility index (Phi) is 8.97. The van der Waals surface area contributed by atoms with Crippen LogP contribution in [0.3, 0.4) is 0 Å². The van der Waals surface area contributed by atoms with Crippen molar-refractivity contribution in [3.63, 3.8) is 0 Å². The maximum atomic E-state index is 13.2. The lowest BCUT2D eigenvalue weighted by Crippen LogP contribution is -2.37. The number of hydroxylamine groups is 1. The molecule has 1 aliphatic heterocycles. The van der Waals surface area contributed by atoms with Crippen LogP contribution in [0.15, 0.2) is 54.6 Å². The average molecular weight is 481 g/mol. The standard InChI is InChI=1S/C26H32N4O5/c1-16(2)22(25(33)30-35-15-17-7-4-3-5-8-17)20(18-11-13-19(14-12-18)23(27)31)9-6-10-21-24(32)29-26(34)28-21/h3-5,7-8,11-14,16,20-22H,6,9-10,15H2,1-2H3,(H2,27,31)(H,30,33)(H2,28,29,32,34). The van der Waals surface area contributed by atoms with Crippen molar-refractivity contribution in [3.8, 4) is 0 Å². The number of nitrogens with one attached hydrogen (secondary N) is 3. The molecule has 2 aromatic carbocycles. The monoisotopic (exact) mass is 480 g/mol. The quantitative estimate of drug-likeness (QED) is 0.273. The first-order valence-corrected chi connectivity index (χ1v) is 11.7. The number of imide groups is 1. The Balaban J connectivity index is 1.73. The van der Waals surface area contributed by atoms with Crippen LogP contribution in [0.1, 0.15) is 60.5 Å². The predicted molar refractivity (Wildman–Crippen MR) is 130 cm³/mol. The molecule has 1 heterocycles. The third-order valence-corrected chi connectivity index (χ3v) is 6.20. The summed E-state index contributed by atoms with van der Waals surface area (Å²) in [4.78, 5) is 53.6. The van der Waals surface area contributed by atoms with E-state index in [4.69, 9.17) is 10.6 Å². The Morgan fingerprint density at radius 3 is 2.31 bits per heavy atom. The Bertz CT molecular complexity index is 1040. The normalized spacial score (nSPS) is 16.9. The Labute approximate surface area is 204 Å². The van der Waals surface area contributed by atoms with E-state index >= 15 is 0 Å². The molecule has 0 bridgehead atoms. The predicted octanol–water partition coefficient (Wildman–Crippen LogP) is 2.77. The van der Waals surface area contributed by atoms with E-state index in [0.29, 0.717) is 24.8 Å². The third kappa shape index (κ3) is 7.13. The number of benzene rings is 2. The van der Waals surface area contributed by atoms with E-state index in [1.54, 1.807) is 12.1 Å². The molecule has 0 saturated carbocycles. The van der Waals surface area contributed by atoms with Crippen molar-refractivity contribution in [2.75, 3.05) is 0 Å². The molecule has 5 N–H and O–H groups in total. The summed E-state index contributed by atoms with van der Waals surface area (Å²) in [6.45, 7) is 4.18. The highest BCUT2D eigenvalue weighted by molar-refractivity contribution is 6.04. The van der Waals surface area contributed by atoms with Crippen LogP contribution in [0.2, 0.25) is 0 Å². The van der Waals surface area contributed by atoms with E-state index in [2.05, 4.69) is 16.1 Å². The summed E-state index contributed by atoms with van der Waals surface area (Å²) >= 11 is 0. The van der Waals surface area contributed by atoms with E-state index in [1.807, 2.05) is 56.3 Å². The molecule has 2 aromatic rings. The lowest BCUT2D eigenvalue weighted by atomic mass is 9.76. The van der Waals surface area contributed by atoms with Crippen LogP contribution in [0.5, 0.6) is 0 Å². The molecule has 186 valence electrons. The molecule has 9 nitrogen and oxygen atoms in total. The molecule has 3 rings (SSSR count). The van der Waals surface area contributed by atoms with Gasteiger partial charge in [0.2, 0.25) is 11.8 Å². The van der Waals surface area contributed by atoms with Crippen molar-refractivity contribution >= 4 is 23.8 Å². The van der Waals surface area contributed by atoms with Crippen molar-refractivity contribution < 1.29 is 24.0 Å². The van der Waals surface area contributed by atoms with Crippen molar-refractivity contribution in [1.82, 2.24) is 16.1 Å². The highest BCUT2D eigenvalue weighted by Crippen LogP contribution is 2.35. The van der Waals surface area contributed by atoms with Gasteiger partial charge in [-0.2, -0.15) is 0 Å². The van der Waals surface area contributed by atoms with Gasteiger partial charge < -0.3 is 11.1 Å². The van der Waals surface area contributed by atoms with Crippen molar-refractivity contribution in [2.24, 2.45) is 17.6 Å². The topological polar surface area (TPSA) is 140 Å². The van der Waals surface area contributed by atoms with Gasteiger partial charge in [0.1, 0.15) is 6.04 Å². The Hall–Kier alpha value is -3.72. The van der Waals surface area contributed by atoms with E-state index in [1.165, 1.54) is 0 Å². The van der Waals surface area contributed by atoms with Gasteiger partial charge in [0.25, 0.3) is 5.91 Å². The number of carbonyl (C=O) groups is 4. The second-order valence-electron chi connectivity index (χ2n) is 9.05. The molecule has 0 aliphatic carbocycles. The van der Waals surface area contributed by atoms with Crippen molar-refractivity contribution in [1.29, 1.82) is 0 Å². The average Bonchev–Trinajstić information content (AvgIpc) is 3.15. The summed E-state index contributed by atoms with van der Waals surface area (Å²) in [6, 6.07) is 15.4. The first kappa shape index (κ1) is 25.9. The summed E-state index contributed by atoms with van der Waals surface area (Å²) in [5.41, 5.74) is 10.2. The molecule has 0 radical (unpaired) electrons. The number of hydrogen-bond donors (Lipinski definition) is 4. The molecule has 1 fully saturated rings. The number of amides is 5. The summed E-state index contributed by atoms with van der Waals surface area (Å²) < 4.78 is 0. The third-order valence-electron chi connectivity index (χ3n) is 6.20. The number of rotatable bonds is 12. The molecule has 3 atom stereocenters. The largest absolute Gasteiger partial charge is 0.366 e. The van der Waals surface area contributed by atoms with Gasteiger partial charge in [-0.15, -0.1) is 0 Å². The van der Waals surface area contributed by atoms with Crippen LogP contribution in [-0.2, 0) is 21.0 Å².